The lowest BCUT2D eigenvalue weighted by Gasteiger charge is -2.26. The molecule has 2 aliphatic rings. The topological polar surface area (TPSA) is 0 Å². The van der Waals surface area contributed by atoms with Crippen molar-refractivity contribution in [2.45, 2.75) is 18.8 Å². The fraction of sp³-hybridized carbons (Fsp3) is 0.130. The quantitative estimate of drug-likeness (QED) is 0.549. The fourth-order valence-electron chi connectivity index (χ4n) is 4.36. The van der Waals surface area contributed by atoms with Crippen molar-refractivity contribution in [1.29, 1.82) is 0 Å². The highest BCUT2D eigenvalue weighted by molar-refractivity contribution is 5.90. The number of aryl methyl sites for hydroxylation is 1. The lowest BCUT2D eigenvalue weighted by Crippen LogP contribution is -2.11. The second-order valence-corrected chi connectivity index (χ2v) is 6.49. The molecule has 0 saturated carbocycles. The Labute approximate surface area is 137 Å². The second-order valence-electron chi connectivity index (χ2n) is 6.49. The molecular formula is C23H18. The van der Waals surface area contributed by atoms with Crippen LogP contribution in [-0.4, -0.2) is 0 Å². The standard InChI is InChI=1S/C23H18/c1-2-9-17(10-3-1)22-19-12-6-7-13-20(19)23-18-11-5-4-8-16(18)14-15-21(22)23/h1-13,23H,14-15H2. The van der Waals surface area contributed by atoms with E-state index in [1.807, 2.05) is 0 Å². The molecule has 0 spiro atoms. The van der Waals surface area contributed by atoms with E-state index in [4.69, 9.17) is 0 Å². The summed E-state index contributed by atoms with van der Waals surface area (Å²) in [5, 5.41) is 0. The molecule has 1 unspecified atom stereocenters. The van der Waals surface area contributed by atoms with Crippen molar-refractivity contribution in [3.8, 4) is 0 Å². The van der Waals surface area contributed by atoms with Crippen LogP contribution in [-0.2, 0) is 6.42 Å². The van der Waals surface area contributed by atoms with Crippen LogP contribution in [0.2, 0.25) is 0 Å². The van der Waals surface area contributed by atoms with Gasteiger partial charge in [0.05, 0.1) is 0 Å². The van der Waals surface area contributed by atoms with Crippen LogP contribution in [0.3, 0.4) is 0 Å². The summed E-state index contributed by atoms with van der Waals surface area (Å²) in [4.78, 5) is 0. The molecule has 0 fully saturated rings. The number of rotatable bonds is 1. The Balaban J connectivity index is 1.82. The summed E-state index contributed by atoms with van der Waals surface area (Å²) in [6.07, 6.45) is 2.33. The van der Waals surface area contributed by atoms with Gasteiger partial charge in [0.15, 0.2) is 0 Å². The molecule has 0 aromatic heterocycles. The van der Waals surface area contributed by atoms with Gasteiger partial charge >= 0.3 is 0 Å². The third kappa shape index (κ3) is 1.85. The molecule has 0 aliphatic heterocycles. The predicted molar refractivity (Wildman–Crippen MR) is 95.5 cm³/mol. The van der Waals surface area contributed by atoms with Crippen molar-refractivity contribution in [3.63, 3.8) is 0 Å². The normalized spacial score (nSPS) is 18.3. The predicted octanol–water partition coefficient (Wildman–Crippen LogP) is 5.58. The SMILES string of the molecule is c1ccc(C2=C3CCc4ccccc4C3c3ccccc32)cc1. The van der Waals surface area contributed by atoms with Crippen LogP contribution in [0.4, 0.5) is 0 Å². The Morgan fingerprint density at radius 2 is 1.30 bits per heavy atom. The molecule has 110 valence electrons. The summed E-state index contributed by atoms with van der Waals surface area (Å²) in [6.45, 7) is 0. The molecule has 23 heavy (non-hydrogen) atoms. The van der Waals surface area contributed by atoms with Gasteiger partial charge in [-0.05, 0) is 51.8 Å². The molecule has 0 heterocycles. The summed E-state index contributed by atoms with van der Waals surface area (Å²) in [5.41, 5.74) is 10.4. The first-order chi connectivity index (χ1) is 11.4. The molecule has 3 aromatic rings. The van der Waals surface area contributed by atoms with Crippen molar-refractivity contribution in [3.05, 3.63) is 112 Å². The zero-order chi connectivity index (χ0) is 15.2. The number of hydrogen-bond donors (Lipinski definition) is 0. The highest BCUT2D eigenvalue weighted by Crippen LogP contribution is 2.52. The van der Waals surface area contributed by atoms with Crippen molar-refractivity contribution in [1.82, 2.24) is 0 Å². The monoisotopic (exact) mass is 294 g/mol. The highest BCUT2D eigenvalue weighted by Gasteiger charge is 2.35. The maximum Gasteiger partial charge on any atom is 0.0317 e. The van der Waals surface area contributed by atoms with Crippen molar-refractivity contribution in [2.75, 3.05) is 0 Å². The van der Waals surface area contributed by atoms with E-state index in [9.17, 15) is 0 Å². The van der Waals surface area contributed by atoms with Gasteiger partial charge in [-0.2, -0.15) is 0 Å². The summed E-state index contributed by atoms with van der Waals surface area (Å²) >= 11 is 0. The fourth-order valence-corrected chi connectivity index (χ4v) is 4.36. The van der Waals surface area contributed by atoms with Crippen molar-refractivity contribution < 1.29 is 0 Å². The van der Waals surface area contributed by atoms with Gasteiger partial charge < -0.3 is 0 Å². The first kappa shape index (κ1) is 12.9. The van der Waals surface area contributed by atoms with E-state index in [0.29, 0.717) is 5.92 Å². The van der Waals surface area contributed by atoms with E-state index < -0.39 is 0 Å². The Bertz CT molecular complexity index is 916. The molecule has 5 rings (SSSR count). The minimum atomic E-state index is 0.450. The molecule has 1 atom stereocenters. The summed E-state index contributed by atoms with van der Waals surface area (Å²) in [5.74, 6) is 0.450. The number of fused-ring (bicyclic) bond motifs is 5. The van der Waals surface area contributed by atoms with Gasteiger partial charge in [-0.1, -0.05) is 78.9 Å². The van der Waals surface area contributed by atoms with Crippen molar-refractivity contribution in [2.24, 2.45) is 0 Å². The molecule has 0 bridgehead atoms. The first-order valence-corrected chi connectivity index (χ1v) is 8.39. The minimum Gasteiger partial charge on any atom is -0.0622 e. The van der Waals surface area contributed by atoms with Crippen LogP contribution in [0, 0.1) is 0 Å². The van der Waals surface area contributed by atoms with Gasteiger partial charge in [-0.25, -0.2) is 0 Å². The largest absolute Gasteiger partial charge is 0.0622 e. The van der Waals surface area contributed by atoms with E-state index in [-0.39, 0.29) is 0 Å². The van der Waals surface area contributed by atoms with E-state index in [1.165, 1.54) is 39.8 Å². The van der Waals surface area contributed by atoms with E-state index in [2.05, 4.69) is 78.9 Å². The minimum absolute atomic E-state index is 0.450. The van der Waals surface area contributed by atoms with E-state index in [0.717, 1.165) is 6.42 Å². The highest BCUT2D eigenvalue weighted by atomic mass is 14.4. The molecule has 0 nitrogen and oxygen atoms in total. The van der Waals surface area contributed by atoms with Crippen LogP contribution in [0.5, 0.6) is 0 Å². The Morgan fingerprint density at radius 3 is 2.17 bits per heavy atom. The third-order valence-electron chi connectivity index (χ3n) is 5.30. The Morgan fingerprint density at radius 1 is 0.609 bits per heavy atom. The molecular weight excluding hydrogens is 276 g/mol. The summed E-state index contributed by atoms with van der Waals surface area (Å²) in [7, 11) is 0. The maximum atomic E-state index is 2.32. The van der Waals surface area contributed by atoms with E-state index >= 15 is 0 Å². The zero-order valence-electron chi connectivity index (χ0n) is 13.0. The average molecular weight is 294 g/mol. The van der Waals surface area contributed by atoms with Gasteiger partial charge in [0.1, 0.15) is 0 Å². The first-order valence-electron chi connectivity index (χ1n) is 8.39. The molecule has 0 heteroatoms. The third-order valence-corrected chi connectivity index (χ3v) is 5.30. The van der Waals surface area contributed by atoms with Crippen molar-refractivity contribution >= 4 is 5.57 Å². The lowest BCUT2D eigenvalue weighted by molar-refractivity contribution is 0.781. The zero-order valence-corrected chi connectivity index (χ0v) is 13.0. The summed E-state index contributed by atoms with van der Waals surface area (Å²) in [6, 6.07) is 28.9. The van der Waals surface area contributed by atoms with Gasteiger partial charge in [0.2, 0.25) is 0 Å². The van der Waals surface area contributed by atoms with Gasteiger partial charge in [0.25, 0.3) is 0 Å². The van der Waals surface area contributed by atoms with Gasteiger partial charge in [-0.3, -0.25) is 0 Å². The average Bonchev–Trinajstić information content (AvgIpc) is 2.97. The van der Waals surface area contributed by atoms with E-state index in [1.54, 1.807) is 5.57 Å². The molecule has 2 aliphatic carbocycles. The number of hydrogen-bond acceptors (Lipinski definition) is 0. The second kappa shape index (κ2) is 4.96. The van der Waals surface area contributed by atoms with Crippen LogP contribution >= 0.6 is 0 Å². The lowest BCUT2D eigenvalue weighted by atomic mass is 9.77. The molecule has 0 radical (unpaired) electrons. The number of benzene rings is 3. The molecule has 3 aromatic carbocycles. The Hall–Kier alpha value is -2.60. The Kier molecular flexibility index (Phi) is 2.78. The number of allylic oxidation sites excluding steroid dienone is 1. The van der Waals surface area contributed by atoms with Crippen LogP contribution in [0.25, 0.3) is 5.57 Å². The van der Waals surface area contributed by atoms with Gasteiger partial charge in [0, 0.05) is 5.92 Å². The summed E-state index contributed by atoms with van der Waals surface area (Å²) < 4.78 is 0. The van der Waals surface area contributed by atoms with Crippen LogP contribution < -0.4 is 0 Å². The smallest absolute Gasteiger partial charge is 0.0317 e. The molecule has 0 amide bonds. The molecule has 0 N–H and O–H groups in total. The van der Waals surface area contributed by atoms with Gasteiger partial charge in [-0.15, -0.1) is 0 Å². The van der Waals surface area contributed by atoms with Crippen LogP contribution in [0.1, 0.15) is 40.2 Å². The molecule has 0 saturated heterocycles. The maximum absolute atomic E-state index is 2.32. The van der Waals surface area contributed by atoms with Crippen LogP contribution in [0.15, 0.2) is 84.4 Å².